The molecule has 1 atom stereocenters. The van der Waals surface area contributed by atoms with Crippen molar-refractivity contribution in [1.82, 2.24) is 4.90 Å². The van der Waals surface area contributed by atoms with Crippen molar-refractivity contribution in [3.63, 3.8) is 0 Å². The van der Waals surface area contributed by atoms with Crippen LogP contribution in [0.5, 0.6) is 0 Å². The van der Waals surface area contributed by atoms with Crippen molar-refractivity contribution < 1.29 is 23.3 Å². The van der Waals surface area contributed by atoms with Gasteiger partial charge in [-0.1, -0.05) is 29.6 Å². The lowest BCUT2D eigenvalue weighted by molar-refractivity contribution is -0.384. The van der Waals surface area contributed by atoms with E-state index in [0.717, 1.165) is 12.8 Å². The molecule has 2 aromatic carbocycles. The maximum Gasteiger partial charge on any atom is 0.288 e. The molecule has 2 fully saturated rings. The lowest BCUT2D eigenvalue weighted by atomic mass is 10.2. The van der Waals surface area contributed by atoms with Crippen molar-refractivity contribution >= 4 is 57.6 Å². The first-order valence-electron chi connectivity index (χ1n) is 9.98. The maximum absolute atomic E-state index is 13.0. The van der Waals surface area contributed by atoms with Gasteiger partial charge in [-0.15, -0.1) is 0 Å². The standard InChI is InChI=1S/C21H18F2N4O4S2/c22-20(23)32-16-8-4-12(5-9-16)25-21-26(14-6-7-14)19(29)17(33-21)11-18(28)24-13-2-1-3-15(10-13)27(30)31/h1-5,8-10,14,17,20H,6-7,11H2,(H,24,28). The third kappa shape index (κ3) is 5.88. The van der Waals surface area contributed by atoms with E-state index in [1.807, 2.05) is 0 Å². The van der Waals surface area contributed by atoms with Crippen molar-refractivity contribution in [3.8, 4) is 0 Å². The van der Waals surface area contributed by atoms with Crippen LogP contribution < -0.4 is 5.32 Å². The molecule has 4 rings (SSSR count). The van der Waals surface area contributed by atoms with Crippen molar-refractivity contribution in [2.24, 2.45) is 4.99 Å². The Kier molecular flexibility index (Phi) is 6.94. The van der Waals surface area contributed by atoms with Gasteiger partial charge < -0.3 is 5.32 Å². The molecule has 1 aliphatic carbocycles. The number of carbonyl (C=O) groups is 2. The summed E-state index contributed by atoms with van der Waals surface area (Å²) >= 11 is 1.63. The number of nitrogens with one attached hydrogen (secondary N) is 1. The summed E-state index contributed by atoms with van der Waals surface area (Å²) in [5.74, 6) is -3.16. The summed E-state index contributed by atoms with van der Waals surface area (Å²) in [6.45, 7) is 0. The smallest absolute Gasteiger partial charge is 0.288 e. The number of non-ortho nitro benzene ring substituents is 1. The quantitative estimate of drug-likeness (QED) is 0.315. The molecule has 172 valence electrons. The monoisotopic (exact) mass is 492 g/mol. The van der Waals surface area contributed by atoms with Gasteiger partial charge in [0.1, 0.15) is 5.25 Å². The number of rotatable bonds is 8. The molecule has 0 spiro atoms. The molecule has 0 bridgehead atoms. The van der Waals surface area contributed by atoms with Gasteiger partial charge in [0.05, 0.1) is 10.6 Å². The Hall–Kier alpha value is -2.99. The van der Waals surface area contributed by atoms with Crippen LogP contribution in [0.3, 0.4) is 0 Å². The number of thioether (sulfide) groups is 2. The number of anilines is 1. The van der Waals surface area contributed by atoms with Gasteiger partial charge in [-0.05, 0) is 43.2 Å². The Morgan fingerprint density at radius 2 is 2.00 bits per heavy atom. The molecule has 0 aromatic heterocycles. The predicted molar refractivity (Wildman–Crippen MR) is 123 cm³/mol. The van der Waals surface area contributed by atoms with Gasteiger partial charge in [0, 0.05) is 35.2 Å². The zero-order valence-corrected chi connectivity index (χ0v) is 18.7. The highest BCUT2D eigenvalue weighted by molar-refractivity contribution is 8.15. The first kappa shape index (κ1) is 23.2. The van der Waals surface area contributed by atoms with Gasteiger partial charge in [-0.3, -0.25) is 24.6 Å². The summed E-state index contributed by atoms with van der Waals surface area (Å²) < 4.78 is 25.0. The molecule has 1 saturated carbocycles. The third-order valence-electron chi connectivity index (χ3n) is 4.88. The second kappa shape index (κ2) is 9.87. The molecule has 1 saturated heterocycles. The summed E-state index contributed by atoms with van der Waals surface area (Å²) in [6.07, 6.45) is 1.59. The lowest BCUT2D eigenvalue weighted by Crippen LogP contribution is -2.35. The second-order valence-corrected chi connectivity index (χ2v) is 9.61. The number of nitro groups is 1. The molecule has 2 aliphatic rings. The van der Waals surface area contributed by atoms with Crippen LogP contribution in [0.15, 0.2) is 58.4 Å². The van der Waals surface area contributed by atoms with Crippen LogP contribution in [0, 0.1) is 10.1 Å². The fourth-order valence-corrected chi connectivity index (χ4v) is 4.97. The fourth-order valence-electron chi connectivity index (χ4n) is 3.25. The van der Waals surface area contributed by atoms with Crippen LogP contribution in [-0.2, 0) is 9.59 Å². The number of hydrogen-bond acceptors (Lipinski definition) is 7. The number of carbonyl (C=O) groups excluding carboxylic acids is 2. The molecular formula is C21H18F2N4O4S2. The molecule has 1 aliphatic heterocycles. The average Bonchev–Trinajstić information content (AvgIpc) is 3.55. The van der Waals surface area contributed by atoms with Crippen LogP contribution in [0.25, 0.3) is 0 Å². The fraction of sp³-hybridized carbons (Fsp3) is 0.286. The molecule has 1 heterocycles. The van der Waals surface area contributed by atoms with E-state index >= 15 is 0 Å². The van der Waals surface area contributed by atoms with Gasteiger partial charge in [-0.25, -0.2) is 4.99 Å². The number of nitro benzene ring substituents is 1. The molecular weight excluding hydrogens is 474 g/mol. The van der Waals surface area contributed by atoms with Gasteiger partial charge in [-0.2, -0.15) is 8.78 Å². The molecule has 1 unspecified atom stereocenters. The van der Waals surface area contributed by atoms with Gasteiger partial charge in [0.25, 0.3) is 11.4 Å². The SMILES string of the molecule is O=C(CC1SC(=Nc2ccc(SC(F)F)cc2)N(C2CC2)C1=O)Nc1cccc([N+](=O)[O-])c1. The Morgan fingerprint density at radius 3 is 2.64 bits per heavy atom. The Bertz CT molecular complexity index is 1110. The van der Waals surface area contributed by atoms with Crippen molar-refractivity contribution in [1.29, 1.82) is 0 Å². The molecule has 0 radical (unpaired) electrons. The van der Waals surface area contributed by atoms with Crippen LogP contribution in [0.2, 0.25) is 0 Å². The highest BCUT2D eigenvalue weighted by atomic mass is 32.2. The molecule has 2 aromatic rings. The van der Waals surface area contributed by atoms with E-state index in [4.69, 9.17) is 0 Å². The zero-order chi connectivity index (χ0) is 23.5. The second-order valence-electron chi connectivity index (χ2n) is 7.37. The summed E-state index contributed by atoms with van der Waals surface area (Å²) in [6, 6.07) is 11.9. The molecule has 12 heteroatoms. The number of amidine groups is 1. The van der Waals surface area contributed by atoms with E-state index in [9.17, 15) is 28.5 Å². The zero-order valence-electron chi connectivity index (χ0n) is 17.0. The van der Waals surface area contributed by atoms with Gasteiger partial charge in [0.15, 0.2) is 5.17 Å². The number of halogens is 2. The maximum atomic E-state index is 13.0. The molecule has 33 heavy (non-hydrogen) atoms. The topological polar surface area (TPSA) is 105 Å². The minimum atomic E-state index is -2.51. The summed E-state index contributed by atoms with van der Waals surface area (Å²) in [7, 11) is 0. The predicted octanol–water partition coefficient (Wildman–Crippen LogP) is 5.03. The largest absolute Gasteiger partial charge is 0.326 e. The normalized spacial score (nSPS) is 19.4. The van der Waals surface area contributed by atoms with Crippen LogP contribution in [-0.4, -0.2) is 43.9 Å². The van der Waals surface area contributed by atoms with Crippen LogP contribution >= 0.6 is 23.5 Å². The van der Waals surface area contributed by atoms with E-state index in [-0.39, 0.29) is 29.7 Å². The first-order chi connectivity index (χ1) is 15.8. The van der Waals surface area contributed by atoms with Gasteiger partial charge in [0.2, 0.25) is 11.8 Å². The Morgan fingerprint density at radius 1 is 1.27 bits per heavy atom. The van der Waals surface area contributed by atoms with Crippen molar-refractivity contribution in [3.05, 3.63) is 58.6 Å². The summed E-state index contributed by atoms with van der Waals surface area (Å²) in [5.41, 5.74) is 0.655. The van der Waals surface area contributed by atoms with E-state index in [1.54, 1.807) is 29.2 Å². The van der Waals surface area contributed by atoms with E-state index in [0.29, 0.717) is 27.5 Å². The number of amides is 2. The van der Waals surface area contributed by atoms with Crippen LogP contribution in [0.4, 0.5) is 25.8 Å². The van der Waals surface area contributed by atoms with Crippen molar-refractivity contribution in [2.45, 2.75) is 41.2 Å². The highest BCUT2D eigenvalue weighted by Crippen LogP contribution is 2.39. The number of alkyl halides is 2. The lowest BCUT2D eigenvalue weighted by Gasteiger charge is -2.15. The van der Waals surface area contributed by atoms with E-state index in [2.05, 4.69) is 10.3 Å². The first-order valence-corrected chi connectivity index (χ1v) is 11.7. The molecule has 2 amide bonds. The van der Waals surface area contributed by atoms with Crippen LogP contribution in [0.1, 0.15) is 19.3 Å². The van der Waals surface area contributed by atoms with Gasteiger partial charge >= 0.3 is 0 Å². The molecule has 8 nitrogen and oxygen atoms in total. The number of nitrogens with zero attached hydrogens (tertiary/aromatic N) is 3. The van der Waals surface area contributed by atoms with E-state index < -0.39 is 21.8 Å². The van der Waals surface area contributed by atoms with Crippen molar-refractivity contribution in [2.75, 3.05) is 5.32 Å². The summed E-state index contributed by atoms with van der Waals surface area (Å²) in [5, 5.41) is 13.3. The molecule has 1 N–H and O–H groups in total. The average molecular weight is 493 g/mol. The van der Waals surface area contributed by atoms with E-state index in [1.165, 1.54) is 36.0 Å². The minimum absolute atomic E-state index is 0.0437. The number of hydrogen-bond donors (Lipinski definition) is 1. The minimum Gasteiger partial charge on any atom is -0.326 e. The third-order valence-corrected chi connectivity index (χ3v) is 6.75. The number of benzene rings is 2. The number of aliphatic imine (C=N–C) groups is 1. The Labute approximate surface area is 196 Å². The highest BCUT2D eigenvalue weighted by Gasteiger charge is 2.46. The summed E-state index contributed by atoms with van der Waals surface area (Å²) in [4.78, 5) is 42.4. The Balaban J connectivity index is 1.45.